The first kappa shape index (κ1) is 13.8. The Morgan fingerprint density at radius 3 is 2.45 bits per heavy atom. The van der Waals surface area contributed by atoms with E-state index in [2.05, 4.69) is 0 Å². The third-order valence-electron chi connectivity index (χ3n) is 3.46. The molecule has 0 atom stereocenters. The maximum absolute atomic E-state index is 12.5. The number of oxazole rings is 1. The van der Waals surface area contributed by atoms with Gasteiger partial charge < -0.3 is 9.52 Å². The van der Waals surface area contributed by atoms with Gasteiger partial charge in [0.1, 0.15) is 0 Å². The van der Waals surface area contributed by atoms with Gasteiger partial charge in [-0.2, -0.15) is 0 Å². The molecule has 6 heteroatoms. The molecule has 0 aliphatic rings. The number of carboxylic acids is 1. The van der Waals surface area contributed by atoms with Gasteiger partial charge in [0.25, 0.3) is 0 Å². The quantitative estimate of drug-likeness (QED) is 0.747. The van der Waals surface area contributed by atoms with E-state index < -0.39 is 17.5 Å². The Morgan fingerprint density at radius 2 is 1.77 bits per heavy atom. The zero-order valence-electron chi connectivity index (χ0n) is 11.6. The minimum absolute atomic E-state index is 0.0675. The van der Waals surface area contributed by atoms with E-state index in [1.54, 1.807) is 25.2 Å². The number of aromatic nitrogens is 1. The highest BCUT2D eigenvalue weighted by molar-refractivity contribution is 6.15. The third kappa shape index (κ3) is 2.10. The molecule has 0 aliphatic carbocycles. The SMILES string of the molecule is Cn1c(=O)oc2cc(C(=O)c3ccccc3C(=O)O)ccc21. The van der Waals surface area contributed by atoms with Crippen LogP contribution in [0.15, 0.2) is 51.7 Å². The minimum Gasteiger partial charge on any atom is -0.478 e. The van der Waals surface area contributed by atoms with Gasteiger partial charge >= 0.3 is 11.7 Å². The van der Waals surface area contributed by atoms with Crippen molar-refractivity contribution in [3.05, 3.63) is 69.7 Å². The molecule has 1 N–H and O–H groups in total. The number of fused-ring (bicyclic) bond motifs is 1. The molecular weight excluding hydrogens is 286 g/mol. The lowest BCUT2D eigenvalue weighted by Crippen LogP contribution is -2.09. The maximum Gasteiger partial charge on any atom is 0.419 e. The standard InChI is InChI=1S/C16H11NO5/c1-17-12-7-6-9(8-13(12)22-16(17)21)14(18)10-4-2-3-5-11(10)15(19)20/h2-8H,1H3,(H,19,20). The lowest BCUT2D eigenvalue weighted by Gasteiger charge is -2.05. The fraction of sp³-hybridized carbons (Fsp3) is 0.0625. The topological polar surface area (TPSA) is 89.5 Å². The summed E-state index contributed by atoms with van der Waals surface area (Å²) in [5.74, 6) is -2.13. The lowest BCUT2D eigenvalue weighted by molar-refractivity contribution is 0.0693. The van der Waals surface area contributed by atoms with Crippen molar-refractivity contribution in [2.24, 2.45) is 7.05 Å². The zero-order chi connectivity index (χ0) is 15.9. The van der Waals surface area contributed by atoms with Crippen LogP contribution in [0.1, 0.15) is 26.3 Å². The molecule has 0 fully saturated rings. The molecule has 0 radical (unpaired) electrons. The Morgan fingerprint density at radius 1 is 1.09 bits per heavy atom. The highest BCUT2D eigenvalue weighted by Gasteiger charge is 2.18. The van der Waals surface area contributed by atoms with Crippen LogP contribution in [0.3, 0.4) is 0 Å². The average molecular weight is 297 g/mol. The fourth-order valence-corrected chi connectivity index (χ4v) is 2.30. The summed E-state index contributed by atoms with van der Waals surface area (Å²) >= 11 is 0. The highest BCUT2D eigenvalue weighted by Crippen LogP contribution is 2.19. The molecule has 2 aromatic carbocycles. The van der Waals surface area contributed by atoms with E-state index in [0.29, 0.717) is 5.52 Å². The fourth-order valence-electron chi connectivity index (χ4n) is 2.30. The van der Waals surface area contributed by atoms with Crippen LogP contribution < -0.4 is 5.76 Å². The molecule has 0 saturated carbocycles. The molecule has 3 rings (SSSR count). The largest absolute Gasteiger partial charge is 0.478 e. The Kier molecular flexibility index (Phi) is 3.14. The molecule has 0 saturated heterocycles. The molecule has 22 heavy (non-hydrogen) atoms. The second kappa shape index (κ2) is 5.00. The van der Waals surface area contributed by atoms with E-state index in [0.717, 1.165) is 0 Å². The first-order valence-corrected chi connectivity index (χ1v) is 6.45. The second-order valence-electron chi connectivity index (χ2n) is 4.79. The van der Waals surface area contributed by atoms with Crippen LogP contribution in [0.4, 0.5) is 0 Å². The molecule has 0 unspecified atom stereocenters. The van der Waals surface area contributed by atoms with Crippen LogP contribution in [-0.2, 0) is 7.05 Å². The van der Waals surface area contributed by atoms with Crippen molar-refractivity contribution in [2.75, 3.05) is 0 Å². The summed E-state index contributed by atoms with van der Waals surface area (Å²) in [5, 5.41) is 9.16. The number of carboxylic acid groups (broad SMARTS) is 1. The number of hydrogen-bond acceptors (Lipinski definition) is 4. The summed E-state index contributed by atoms with van der Waals surface area (Å²) in [4.78, 5) is 35.2. The van der Waals surface area contributed by atoms with Gasteiger partial charge in [0.15, 0.2) is 11.4 Å². The molecule has 0 bridgehead atoms. The van der Waals surface area contributed by atoms with Crippen molar-refractivity contribution in [2.45, 2.75) is 0 Å². The Bertz CT molecular complexity index is 964. The van der Waals surface area contributed by atoms with Crippen LogP contribution in [-0.4, -0.2) is 21.4 Å². The summed E-state index contributed by atoms with van der Waals surface area (Å²) in [7, 11) is 1.56. The third-order valence-corrected chi connectivity index (χ3v) is 3.46. The number of ketones is 1. The van der Waals surface area contributed by atoms with Gasteiger partial charge in [0.05, 0.1) is 11.1 Å². The number of rotatable bonds is 3. The van der Waals surface area contributed by atoms with Crippen LogP contribution in [0.2, 0.25) is 0 Å². The van der Waals surface area contributed by atoms with Gasteiger partial charge in [-0.25, -0.2) is 9.59 Å². The van der Waals surface area contributed by atoms with Gasteiger partial charge in [-0.3, -0.25) is 9.36 Å². The second-order valence-corrected chi connectivity index (χ2v) is 4.79. The molecule has 0 amide bonds. The number of nitrogens with zero attached hydrogens (tertiary/aromatic N) is 1. The molecule has 0 aliphatic heterocycles. The first-order valence-electron chi connectivity index (χ1n) is 6.45. The number of benzene rings is 2. The number of aromatic carboxylic acids is 1. The molecule has 3 aromatic rings. The summed E-state index contributed by atoms with van der Waals surface area (Å²) < 4.78 is 6.37. The Hall–Kier alpha value is -3.15. The average Bonchev–Trinajstić information content (AvgIpc) is 2.80. The van der Waals surface area contributed by atoms with E-state index in [1.807, 2.05) is 0 Å². The molecule has 1 aromatic heterocycles. The summed E-state index contributed by atoms with van der Waals surface area (Å²) in [5.41, 5.74) is 1.13. The van der Waals surface area contributed by atoms with Crippen molar-refractivity contribution in [1.82, 2.24) is 4.57 Å². The van der Waals surface area contributed by atoms with E-state index >= 15 is 0 Å². The summed E-state index contributed by atoms with van der Waals surface area (Å²) in [6.07, 6.45) is 0. The van der Waals surface area contributed by atoms with Crippen LogP contribution in [0, 0.1) is 0 Å². The Labute approximate surface area is 124 Å². The van der Waals surface area contributed by atoms with Crippen LogP contribution in [0.25, 0.3) is 11.1 Å². The Balaban J connectivity index is 2.13. The monoisotopic (exact) mass is 297 g/mol. The van der Waals surface area contributed by atoms with Crippen LogP contribution in [0.5, 0.6) is 0 Å². The number of carbonyl (C=O) groups is 2. The minimum atomic E-state index is -1.17. The van der Waals surface area contributed by atoms with E-state index in [1.165, 1.54) is 28.8 Å². The van der Waals surface area contributed by atoms with Gasteiger partial charge in [0, 0.05) is 18.2 Å². The molecule has 110 valence electrons. The molecule has 1 heterocycles. The number of carbonyl (C=O) groups excluding carboxylic acids is 1. The van der Waals surface area contributed by atoms with Gasteiger partial charge in [-0.15, -0.1) is 0 Å². The highest BCUT2D eigenvalue weighted by atomic mass is 16.4. The number of hydrogen-bond donors (Lipinski definition) is 1. The van der Waals surface area contributed by atoms with E-state index in [-0.39, 0.29) is 22.3 Å². The lowest BCUT2D eigenvalue weighted by atomic mass is 9.98. The predicted octanol–water partition coefficient (Wildman–Crippen LogP) is 2.06. The normalized spacial score (nSPS) is 10.8. The van der Waals surface area contributed by atoms with Crippen molar-refractivity contribution in [1.29, 1.82) is 0 Å². The molecule has 0 spiro atoms. The number of aryl methyl sites for hydroxylation is 1. The van der Waals surface area contributed by atoms with Gasteiger partial charge in [-0.1, -0.05) is 18.2 Å². The smallest absolute Gasteiger partial charge is 0.419 e. The first-order chi connectivity index (χ1) is 10.5. The van der Waals surface area contributed by atoms with Crippen molar-refractivity contribution >= 4 is 22.9 Å². The van der Waals surface area contributed by atoms with Crippen molar-refractivity contribution < 1.29 is 19.1 Å². The molecule has 6 nitrogen and oxygen atoms in total. The van der Waals surface area contributed by atoms with Crippen molar-refractivity contribution in [3.63, 3.8) is 0 Å². The van der Waals surface area contributed by atoms with Gasteiger partial charge in [0.2, 0.25) is 0 Å². The summed E-state index contributed by atoms with van der Waals surface area (Å²) in [6, 6.07) is 10.6. The van der Waals surface area contributed by atoms with Crippen molar-refractivity contribution in [3.8, 4) is 0 Å². The summed E-state index contributed by atoms with van der Waals surface area (Å²) in [6.45, 7) is 0. The zero-order valence-corrected chi connectivity index (χ0v) is 11.6. The van der Waals surface area contributed by atoms with Gasteiger partial charge in [-0.05, 0) is 24.3 Å². The predicted molar refractivity (Wildman–Crippen MR) is 78.3 cm³/mol. The van der Waals surface area contributed by atoms with E-state index in [4.69, 9.17) is 9.52 Å². The van der Waals surface area contributed by atoms with E-state index in [9.17, 15) is 14.4 Å². The molecular formula is C16H11NO5. The maximum atomic E-state index is 12.5. The van der Waals surface area contributed by atoms with Crippen LogP contribution >= 0.6 is 0 Å².